The van der Waals surface area contributed by atoms with E-state index in [1.807, 2.05) is 4.58 Å². The minimum absolute atomic E-state index is 0.447. The topological polar surface area (TPSA) is 29.0 Å². The first-order valence-electron chi connectivity index (χ1n) is 2.83. The van der Waals surface area contributed by atoms with Gasteiger partial charge in [-0.2, -0.15) is 0 Å². The summed E-state index contributed by atoms with van der Waals surface area (Å²) >= 11 is 5.50. The van der Waals surface area contributed by atoms with E-state index < -0.39 is 0 Å². The second-order valence-electron chi connectivity index (χ2n) is 2.02. The molecule has 1 rings (SSSR count). The third-order valence-corrected chi connectivity index (χ3v) is 1.65. The van der Waals surface area contributed by atoms with Crippen molar-refractivity contribution >= 4 is 16.9 Å². The molecule has 0 unspecified atom stereocenters. The molecule has 46 valence electrons. The van der Waals surface area contributed by atoms with Crippen molar-refractivity contribution in [1.82, 2.24) is 0 Å². The van der Waals surface area contributed by atoms with E-state index in [1.54, 1.807) is 0 Å². The average molecular weight is 134 g/mol. The maximum atomic E-state index is 5.50. The van der Waals surface area contributed by atoms with Crippen molar-refractivity contribution < 1.29 is 4.58 Å². The number of nitrogens with zero attached hydrogens (tertiary/aromatic N) is 1. The molecule has 0 radical (unpaired) electrons. The monoisotopic (exact) mass is 133 g/mol. The Morgan fingerprint density at radius 2 is 1.88 bits per heavy atom. The van der Waals surface area contributed by atoms with Crippen LogP contribution in [0.4, 0.5) is 0 Å². The first-order chi connectivity index (χ1) is 3.80. The van der Waals surface area contributed by atoms with E-state index in [9.17, 15) is 0 Å². The molecule has 1 saturated heterocycles. The summed E-state index contributed by atoms with van der Waals surface area (Å²) in [5.74, 6) is 0. The smallest absolute Gasteiger partial charge is 0.277 e. The number of hydrogen-bond acceptors (Lipinski definition) is 0. The Morgan fingerprint density at radius 3 is 2.12 bits per heavy atom. The number of halogens is 1. The maximum absolute atomic E-state index is 5.50. The highest BCUT2D eigenvalue weighted by atomic mass is 35.5. The van der Waals surface area contributed by atoms with Crippen LogP contribution in [0.1, 0.15) is 12.8 Å². The summed E-state index contributed by atoms with van der Waals surface area (Å²) in [6.45, 7) is 2.07. The number of hydrogen-bond donors (Lipinski definition) is 1. The Morgan fingerprint density at radius 1 is 1.38 bits per heavy atom. The van der Waals surface area contributed by atoms with E-state index in [0.29, 0.717) is 5.29 Å². The Balaban J connectivity index is 2.58. The second-order valence-corrected chi connectivity index (χ2v) is 2.40. The molecule has 0 amide bonds. The summed E-state index contributed by atoms with van der Waals surface area (Å²) in [6, 6.07) is 0. The zero-order valence-electron chi connectivity index (χ0n) is 4.73. The van der Waals surface area contributed by atoms with Crippen LogP contribution >= 0.6 is 11.6 Å². The standard InChI is InChI=1S/C5H9ClN2/c6-5(7)8-3-1-2-4-8/h7H,1-4H2/p+1. The lowest BCUT2D eigenvalue weighted by atomic mass is 10.4. The van der Waals surface area contributed by atoms with Crippen LogP contribution in [0, 0.1) is 0 Å². The molecule has 8 heavy (non-hydrogen) atoms. The van der Waals surface area contributed by atoms with Gasteiger partial charge in [0.2, 0.25) is 0 Å². The van der Waals surface area contributed by atoms with E-state index in [1.165, 1.54) is 12.8 Å². The molecular formula is C5H10ClN2+. The fourth-order valence-corrected chi connectivity index (χ4v) is 1.10. The van der Waals surface area contributed by atoms with Crippen LogP contribution in [0.25, 0.3) is 0 Å². The number of amidine groups is 1. The summed E-state index contributed by atoms with van der Waals surface area (Å²) < 4.78 is 1.99. The van der Waals surface area contributed by atoms with Gasteiger partial charge in [-0.1, -0.05) is 0 Å². The minimum Gasteiger partial charge on any atom is -0.277 e. The maximum Gasteiger partial charge on any atom is 0.340 e. The number of nitrogens with two attached hydrogens (primary N) is 1. The molecule has 1 fully saturated rings. The fraction of sp³-hybridized carbons (Fsp3) is 0.800. The van der Waals surface area contributed by atoms with E-state index >= 15 is 0 Å². The molecule has 1 aliphatic rings. The van der Waals surface area contributed by atoms with Gasteiger partial charge in [0.05, 0.1) is 13.1 Å². The van der Waals surface area contributed by atoms with E-state index in [4.69, 9.17) is 17.3 Å². The lowest BCUT2D eigenvalue weighted by Crippen LogP contribution is -2.20. The molecule has 0 aromatic rings. The van der Waals surface area contributed by atoms with Crippen LogP contribution in [0.5, 0.6) is 0 Å². The van der Waals surface area contributed by atoms with Gasteiger partial charge in [-0.15, -0.1) is 0 Å². The van der Waals surface area contributed by atoms with E-state index in [2.05, 4.69) is 0 Å². The lowest BCUT2D eigenvalue weighted by molar-refractivity contribution is -0.504. The van der Waals surface area contributed by atoms with Gasteiger partial charge < -0.3 is 0 Å². The highest BCUT2D eigenvalue weighted by molar-refractivity contribution is 6.62. The zero-order chi connectivity index (χ0) is 5.98. The molecule has 1 heterocycles. The molecule has 0 spiro atoms. The van der Waals surface area contributed by atoms with Crippen molar-refractivity contribution in [2.45, 2.75) is 12.8 Å². The predicted molar refractivity (Wildman–Crippen MR) is 34.3 cm³/mol. The Bertz CT molecular complexity index is 108. The SMILES string of the molecule is NC(Cl)=[N+]1CCCC1. The van der Waals surface area contributed by atoms with Crippen molar-refractivity contribution in [3.8, 4) is 0 Å². The van der Waals surface area contributed by atoms with Crippen LogP contribution in [0.2, 0.25) is 0 Å². The molecule has 0 aromatic carbocycles. The van der Waals surface area contributed by atoms with E-state index in [-0.39, 0.29) is 0 Å². The minimum atomic E-state index is 0.447. The summed E-state index contributed by atoms with van der Waals surface area (Å²) in [7, 11) is 0. The van der Waals surface area contributed by atoms with Crippen molar-refractivity contribution in [2.24, 2.45) is 5.73 Å². The molecule has 0 aliphatic carbocycles. The van der Waals surface area contributed by atoms with Crippen molar-refractivity contribution in [1.29, 1.82) is 0 Å². The zero-order valence-corrected chi connectivity index (χ0v) is 5.49. The van der Waals surface area contributed by atoms with Crippen LogP contribution in [0.15, 0.2) is 0 Å². The van der Waals surface area contributed by atoms with Crippen LogP contribution in [-0.4, -0.2) is 23.0 Å². The summed E-state index contributed by atoms with van der Waals surface area (Å²) in [4.78, 5) is 0. The Labute approximate surface area is 53.9 Å². The van der Waals surface area contributed by atoms with Crippen molar-refractivity contribution in [3.05, 3.63) is 0 Å². The molecule has 2 nitrogen and oxygen atoms in total. The molecule has 3 heteroatoms. The van der Waals surface area contributed by atoms with Gasteiger partial charge in [-0.05, 0) is 12.8 Å². The first kappa shape index (κ1) is 5.89. The third-order valence-electron chi connectivity index (χ3n) is 1.41. The third kappa shape index (κ3) is 1.13. The van der Waals surface area contributed by atoms with Crippen LogP contribution in [0.3, 0.4) is 0 Å². The quantitative estimate of drug-likeness (QED) is 0.288. The normalized spacial score (nSPS) is 19.4. The summed E-state index contributed by atoms with van der Waals surface area (Å²) in [5.41, 5.74) is 5.31. The molecular weight excluding hydrogens is 124 g/mol. The van der Waals surface area contributed by atoms with Crippen LogP contribution in [-0.2, 0) is 0 Å². The highest BCUT2D eigenvalue weighted by Gasteiger charge is 2.11. The van der Waals surface area contributed by atoms with Gasteiger partial charge in [0.1, 0.15) is 0 Å². The summed E-state index contributed by atoms with van der Waals surface area (Å²) in [5, 5.41) is 0.447. The molecule has 0 bridgehead atoms. The Hall–Kier alpha value is -0.240. The van der Waals surface area contributed by atoms with Crippen molar-refractivity contribution in [3.63, 3.8) is 0 Å². The largest absolute Gasteiger partial charge is 0.340 e. The second kappa shape index (κ2) is 2.35. The van der Waals surface area contributed by atoms with Gasteiger partial charge in [0, 0.05) is 11.6 Å². The molecule has 0 saturated carbocycles. The molecule has 0 atom stereocenters. The van der Waals surface area contributed by atoms with Crippen molar-refractivity contribution in [2.75, 3.05) is 13.1 Å². The molecule has 1 aliphatic heterocycles. The first-order valence-corrected chi connectivity index (χ1v) is 3.21. The van der Waals surface area contributed by atoms with Gasteiger partial charge in [0.15, 0.2) is 0 Å². The van der Waals surface area contributed by atoms with Gasteiger partial charge in [-0.25, -0.2) is 0 Å². The van der Waals surface area contributed by atoms with Gasteiger partial charge >= 0.3 is 5.29 Å². The lowest BCUT2D eigenvalue weighted by Gasteiger charge is -1.91. The molecule has 2 N–H and O–H groups in total. The number of rotatable bonds is 0. The Kier molecular flexibility index (Phi) is 1.73. The van der Waals surface area contributed by atoms with Crippen LogP contribution < -0.4 is 5.73 Å². The fourth-order valence-electron chi connectivity index (χ4n) is 0.931. The highest BCUT2D eigenvalue weighted by Crippen LogP contribution is 2.01. The van der Waals surface area contributed by atoms with Gasteiger partial charge in [-0.3, -0.25) is 10.3 Å². The average Bonchev–Trinajstić information content (AvgIpc) is 2.12. The van der Waals surface area contributed by atoms with Gasteiger partial charge in [0.25, 0.3) is 0 Å². The predicted octanol–water partition coefficient (Wildman–Crippen LogP) is 0.346. The summed E-state index contributed by atoms with van der Waals surface area (Å²) in [6.07, 6.45) is 2.46. The van der Waals surface area contributed by atoms with E-state index in [0.717, 1.165) is 13.1 Å². The molecule has 0 aromatic heterocycles.